The third-order valence-corrected chi connectivity index (χ3v) is 7.97. The molecule has 0 spiro atoms. The summed E-state index contributed by atoms with van der Waals surface area (Å²) >= 11 is 1.42. The summed E-state index contributed by atoms with van der Waals surface area (Å²) < 4.78 is 30.6. The highest BCUT2D eigenvalue weighted by molar-refractivity contribution is 7.92. The number of nitrogens with one attached hydrogen (secondary N) is 1. The van der Waals surface area contributed by atoms with Gasteiger partial charge in [0.05, 0.1) is 21.7 Å². The molecule has 1 amide bonds. The van der Waals surface area contributed by atoms with Crippen LogP contribution in [-0.2, 0) is 16.6 Å². The smallest absolute Gasteiger partial charge is 0.279 e. The maximum atomic E-state index is 12.9. The van der Waals surface area contributed by atoms with Gasteiger partial charge in [0.1, 0.15) is 0 Å². The number of carbonyl (C=O) groups is 1. The van der Waals surface area contributed by atoms with E-state index in [0.717, 1.165) is 15.8 Å². The summed E-state index contributed by atoms with van der Waals surface area (Å²) in [5, 5.41) is 0. The molecule has 3 aromatic carbocycles. The Balaban J connectivity index is 1.61. The number of benzene rings is 3. The highest BCUT2D eigenvalue weighted by Crippen LogP contribution is 2.24. The van der Waals surface area contributed by atoms with Crippen LogP contribution in [0.2, 0.25) is 0 Å². The van der Waals surface area contributed by atoms with Crippen molar-refractivity contribution in [1.82, 2.24) is 4.57 Å². The van der Waals surface area contributed by atoms with E-state index >= 15 is 0 Å². The van der Waals surface area contributed by atoms with Crippen LogP contribution in [-0.4, -0.2) is 18.9 Å². The van der Waals surface area contributed by atoms with Gasteiger partial charge in [-0.2, -0.15) is 4.99 Å². The van der Waals surface area contributed by atoms with Crippen LogP contribution in [0.3, 0.4) is 0 Å². The Morgan fingerprint density at radius 3 is 2.40 bits per heavy atom. The second-order valence-electron chi connectivity index (χ2n) is 8.47. The largest absolute Gasteiger partial charge is 0.305 e. The second-order valence-corrected chi connectivity index (χ2v) is 11.2. The molecule has 0 fully saturated rings. The van der Waals surface area contributed by atoms with Crippen molar-refractivity contribution in [3.63, 3.8) is 0 Å². The van der Waals surface area contributed by atoms with Gasteiger partial charge in [0.2, 0.25) is 0 Å². The highest BCUT2D eigenvalue weighted by atomic mass is 32.2. The van der Waals surface area contributed by atoms with Gasteiger partial charge in [-0.05, 0) is 66.9 Å². The van der Waals surface area contributed by atoms with E-state index in [2.05, 4.69) is 41.6 Å². The zero-order valence-electron chi connectivity index (χ0n) is 19.6. The first-order valence-corrected chi connectivity index (χ1v) is 13.3. The molecule has 0 aliphatic heterocycles. The maximum Gasteiger partial charge on any atom is 0.279 e. The molecular weight excluding hydrogens is 478 g/mol. The molecule has 6 nitrogen and oxygen atoms in total. The average Bonchev–Trinajstić information content (AvgIpc) is 3.16. The summed E-state index contributed by atoms with van der Waals surface area (Å²) in [6, 6.07) is 19.0. The lowest BCUT2D eigenvalue weighted by Crippen LogP contribution is -2.16. The van der Waals surface area contributed by atoms with E-state index in [9.17, 15) is 13.2 Å². The Bertz CT molecular complexity index is 1600. The van der Waals surface area contributed by atoms with Crippen LogP contribution in [0, 0.1) is 19.3 Å². The third-order valence-electron chi connectivity index (χ3n) is 5.54. The van der Waals surface area contributed by atoms with Crippen molar-refractivity contribution in [3.8, 4) is 12.3 Å². The summed E-state index contributed by atoms with van der Waals surface area (Å²) in [6.07, 6.45) is 5.57. The maximum absolute atomic E-state index is 12.9. The molecule has 1 heterocycles. The van der Waals surface area contributed by atoms with E-state index in [-0.39, 0.29) is 4.90 Å². The number of sulfonamides is 1. The Labute approximate surface area is 209 Å². The van der Waals surface area contributed by atoms with Crippen LogP contribution in [0.15, 0.2) is 76.6 Å². The first kappa shape index (κ1) is 24.5. The van der Waals surface area contributed by atoms with Gasteiger partial charge in [-0.1, -0.05) is 54.9 Å². The first-order valence-electron chi connectivity index (χ1n) is 11.0. The molecule has 0 unspecified atom stereocenters. The number of aryl methyl sites for hydroxylation is 1. The van der Waals surface area contributed by atoms with Crippen LogP contribution < -0.4 is 9.52 Å². The molecule has 1 aromatic heterocycles. The molecule has 0 radical (unpaired) electrons. The first-order chi connectivity index (χ1) is 16.7. The van der Waals surface area contributed by atoms with Crippen LogP contribution in [0.5, 0.6) is 0 Å². The van der Waals surface area contributed by atoms with Crippen LogP contribution in [0.4, 0.5) is 5.69 Å². The van der Waals surface area contributed by atoms with E-state index in [1.165, 1.54) is 16.9 Å². The molecule has 0 aliphatic carbocycles. The normalized spacial score (nSPS) is 12.1. The topological polar surface area (TPSA) is 80.5 Å². The predicted octanol–water partition coefficient (Wildman–Crippen LogP) is 5.31. The van der Waals surface area contributed by atoms with Crippen molar-refractivity contribution in [2.75, 3.05) is 4.72 Å². The van der Waals surface area contributed by atoms with E-state index in [4.69, 9.17) is 6.42 Å². The molecule has 0 bridgehead atoms. The Kier molecular flexibility index (Phi) is 6.92. The van der Waals surface area contributed by atoms with Crippen molar-refractivity contribution < 1.29 is 13.2 Å². The van der Waals surface area contributed by atoms with Crippen LogP contribution >= 0.6 is 11.3 Å². The summed E-state index contributed by atoms with van der Waals surface area (Å²) in [5.74, 6) is 2.58. The predicted molar refractivity (Wildman–Crippen MR) is 141 cm³/mol. The fourth-order valence-electron chi connectivity index (χ4n) is 3.54. The quantitative estimate of drug-likeness (QED) is 0.362. The number of carbonyl (C=O) groups excluding carboxylic acids is 1. The zero-order valence-corrected chi connectivity index (χ0v) is 21.3. The van der Waals surface area contributed by atoms with Crippen molar-refractivity contribution in [2.24, 2.45) is 4.99 Å². The Hall–Kier alpha value is -3.67. The number of amides is 1. The number of hydrogen-bond donors (Lipinski definition) is 1. The number of aromatic nitrogens is 1. The van der Waals surface area contributed by atoms with Gasteiger partial charge in [-0.3, -0.25) is 9.52 Å². The zero-order chi connectivity index (χ0) is 25.2. The molecule has 8 heteroatoms. The van der Waals surface area contributed by atoms with Crippen molar-refractivity contribution in [2.45, 2.75) is 38.1 Å². The number of thiazole rings is 1. The molecule has 0 atom stereocenters. The van der Waals surface area contributed by atoms with E-state index < -0.39 is 15.9 Å². The fraction of sp³-hybridized carbons (Fsp3) is 0.185. The summed E-state index contributed by atoms with van der Waals surface area (Å²) in [5.41, 5.74) is 3.81. The molecule has 4 aromatic rings. The summed E-state index contributed by atoms with van der Waals surface area (Å²) in [6.45, 7) is 6.44. The molecule has 178 valence electrons. The Morgan fingerprint density at radius 2 is 1.77 bits per heavy atom. The van der Waals surface area contributed by atoms with Crippen molar-refractivity contribution >= 4 is 43.2 Å². The molecule has 4 rings (SSSR count). The lowest BCUT2D eigenvalue weighted by molar-refractivity contribution is 0.0998. The number of nitrogens with zero attached hydrogens (tertiary/aromatic N) is 2. The summed E-state index contributed by atoms with van der Waals surface area (Å²) in [4.78, 5) is 17.9. The molecule has 0 saturated carbocycles. The van der Waals surface area contributed by atoms with Crippen LogP contribution in [0.25, 0.3) is 10.2 Å². The van der Waals surface area contributed by atoms with Gasteiger partial charge in [-0.15, -0.1) is 6.42 Å². The van der Waals surface area contributed by atoms with Crippen molar-refractivity contribution in [3.05, 3.63) is 88.2 Å². The SMILES string of the molecule is C#CCn1c(=NC(=O)c2ccc(NS(=O)(=O)c3ccc(C)cc3)cc2)sc2cc(C(C)C)ccc21. The van der Waals surface area contributed by atoms with Gasteiger partial charge in [-0.25, -0.2) is 8.42 Å². The van der Waals surface area contributed by atoms with Gasteiger partial charge in [0.15, 0.2) is 4.80 Å². The Morgan fingerprint density at radius 1 is 1.09 bits per heavy atom. The lowest BCUT2D eigenvalue weighted by atomic mass is 10.0. The van der Waals surface area contributed by atoms with Gasteiger partial charge < -0.3 is 4.57 Å². The van der Waals surface area contributed by atoms with Gasteiger partial charge >= 0.3 is 0 Å². The lowest BCUT2D eigenvalue weighted by Gasteiger charge is -2.08. The number of fused-ring (bicyclic) bond motifs is 1. The molecular formula is C27H25N3O3S2. The third kappa shape index (κ3) is 5.37. The monoisotopic (exact) mass is 503 g/mol. The highest BCUT2D eigenvalue weighted by Gasteiger charge is 2.15. The fourth-order valence-corrected chi connectivity index (χ4v) is 5.68. The number of rotatable bonds is 6. The molecule has 35 heavy (non-hydrogen) atoms. The van der Waals surface area contributed by atoms with E-state index in [0.29, 0.717) is 28.5 Å². The van der Waals surface area contributed by atoms with E-state index in [1.807, 2.05) is 17.6 Å². The number of terminal acetylenes is 1. The molecule has 0 saturated heterocycles. The number of hydrogen-bond acceptors (Lipinski definition) is 4. The van der Waals surface area contributed by atoms with Gasteiger partial charge in [0, 0.05) is 11.3 Å². The second kappa shape index (κ2) is 9.90. The molecule has 1 N–H and O–H groups in total. The summed E-state index contributed by atoms with van der Waals surface area (Å²) in [7, 11) is -3.73. The minimum Gasteiger partial charge on any atom is -0.305 e. The van der Waals surface area contributed by atoms with Crippen molar-refractivity contribution in [1.29, 1.82) is 0 Å². The van der Waals surface area contributed by atoms with Gasteiger partial charge in [0.25, 0.3) is 15.9 Å². The van der Waals surface area contributed by atoms with E-state index in [1.54, 1.807) is 48.5 Å². The minimum absolute atomic E-state index is 0.168. The average molecular weight is 504 g/mol. The minimum atomic E-state index is -3.73. The standard InChI is InChI=1S/C27H25N3O3S2/c1-5-16-30-24-15-10-21(18(2)3)17-25(24)34-27(30)28-26(31)20-8-11-22(12-9-20)29-35(32,33)23-13-6-19(4)7-14-23/h1,6-15,17-18,29H,16H2,2-4H3. The van der Waals surface area contributed by atoms with Crippen LogP contribution in [0.1, 0.15) is 41.3 Å². The molecule has 0 aliphatic rings. The number of anilines is 1.